The van der Waals surface area contributed by atoms with Crippen molar-refractivity contribution in [1.82, 2.24) is 9.73 Å². The van der Waals surface area contributed by atoms with Crippen LogP contribution in [-0.4, -0.2) is 57.6 Å². The zero-order valence-electron chi connectivity index (χ0n) is 17.4. The molecular formula is C19H22N4O7S. The fraction of sp³-hybridized carbons (Fsp3) is 0.263. The molecule has 12 heteroatoms. The number of hydrazone groups is 1. The van der Waals surface area contributed by atoms with E-state index in [0.29, 0.717) is 16.9 Å². The van der Waals surface area contributed by atoms with Crippen LogP contribution in [-0.2, 0) is 14.8 Å². The SMILES string of the molecule is COc1ccc(S(=O)(=O)N(C)CC(=O)N/N=C/c2ccc(OC)c([N+](=O)[O-])c2)cc1C. The van der Waals surface area contributed by atoms with Crippen LogP contribution in [0.2, 0.25) is 0 Å². The molecule has 0 unspecified atom stereocenters. The molecule has 0 bridgehead atoms. The number of methoxy groups -OCH3 is 2. The number of carbonyl (C=O) groups excluding carboxylic acids is 1. The number of hydrogen-bond acceptors (Lipinski definition) is 8. The van der Waals surface area contributed by atoms with Crippen molar-refractivity contribution in [3.05, 3.63) is 57.6 Å². The van der Waals surface area contributed by atoms with E-state index < -0.39 is 27.4 Å². The highest BCUT2D eigenvalue weighted by molar-refractivity contribution is 7.89. The molecule has 0 heterocycles. The van der Waals surface area contributed by atoms with Crippen molar-refractivity contribution < 1.29 is 27.6 Å². The van der Waals surface area contributed by atoms with Gasteiger partial charge in [0, 0.05) is 18.7 Å². The van der Waals surface area contributed by atoms with Crippen molar-refractivity contribution in [2.75, 3.05) is 27.8 Å². The van der Waals surface area contributed by atoms with E-state index in [-0.39, 0.29) is 16.3 Å². The summed E-state index contributed by atoms with van der Waals surface area (Å²) in [5.74, 6) is -0.0465. The summed E-state index contributed by atoms with van der Waals surface area (Å²) in [6.45, 7) is 1.23. The number of sulfonamides is 1. The minimum atomic E-state index is -3.91. The van der Waals surface area contributed by atoms with E-state index in [1.54, 1.807) is 6.92 Å². The molecule has 166 valence electrons. The average molecular weight is 450 g/mol. The Kier molecular flexibility index (Phi) is 7.67. The van der Waals surface area contributed by atoms with Gasteiger partial charge in [-0.15, -0.1) is 0 Å². The molecule has 0 spiro atoms. The normalized spacial score (nSPS) is 11.5. The molecule has 0 aliphatic carbocycles. The van der Waals surface area contributed by atoms with Crippen molar-refractivity contribution in [3.63, 3.8) is 0 Å². The third-order valence-electron chi connectivity index (χ3n) is 4.24. The van der Waals surface area contributed by atoms with Crippen molar-refractivity contribution in [3.8, 4) is 11.5 Å². The van der Waals surface area contributed by atoms with Crippen LogP contribution < -0.4 is 14.9 Å². The summed E-state index contributed by atoms with van der Waals surface area (Å²) in [6.07, 6.45) is 1.20. The topological polar surface area (TPSA) is 140 Å². The van der Waals surface area contributed by atoms with Gasteiger partial charge in [-0.25, -0.2) is 13.8 Å². The number of likely N-dealkylation sites (N-methyl/N-ethyl adjacent to an activating group) is 1. The molecule has 31 heavy (non-hydrogen) atoms. The molecule has 0 aliphatic heterocycles. The van der Waals surface area contributed by atoms with Crippen LogP contribution in [0.5, 0.6) is 11.5 Å². The molecule has 1 N–H and O–H groups in total. The standard InChI is InChI=1S/C19H22N4O7S/c1-13-9-15(6-8-17(13)29-3)31(27,28)22(2)12-19(24)21-20-11-14-5-7-18(30-4)16(10-14)23(25)26/h5-11H,12H2,1-4H3,(H,21,24)/b20-11+. The van der Waals surface area contributed by atoms with Crippen LogP contribution in [0.1, 0.15) is 11.1 Å². The molecule has 2 rings (SSSR count). The van der Waals surface area contributed by atoms with Gasteiger partial charge in [0.1, 0.15) is 5.75 Å². The van der Waals surface area contributed by atoms with Crippen LogP contribution in [0.25, 0.3) is 0 Å². The molecule has 0 fully saturated rings. The molecule has 11 nitrogen and oxygen atoms in total. The lowest BCUT2D eigenvalue weighted by atomic mass is 10.2. The van der Waals surface area contributed by atoms with Crippen LogP contribution in [0.3, 0.4) is 0 Å². The zero-order chi connectivity index (χ0) is 23.2. The van der Waals surface area contributed by atoms with Gasteiger partial charge in [-0.1, -0.05) is 0 Å². The monoisotopic (exact) mass is 450 g/mol. The Bertz CT molecular complexity index is 1120. The highest BCUT2D eigenvalue weighted by atomic mass is 32.2. The van der Waals surface area contributed by atoms with Crippen molar-refractivity contribution in [2.45, 2.75) is 11.8 Å². The molecule has 0 aromatic heterocycles. The van der Waals surface area contributed by atoms with Crippen LogP contribution >= 0.6 is 0 Å². The molecule has 2 aromatic carbocycles. The molecular weight excluding hydrogens is 428 g/mol. The van der Waals surface area contributed by atoms with Gasteiger partial charge in [-0.05, 0) is 42.8 Å². The summed E-state index contributed by atoms with van der Waals surface area (Å²) < 4.78 is 36.3. The zero-order valence-corrected chi connectivity index (χ0v) is 18.2. The van der Waals surface area contributed by atoms with Crippen LogP contribution in [0.4, 0.5) is 5.69 Å². The Morgan fingerprint density at radius 2 is 1.84 bits per heavy atom. The van der Waals surface area contributed by atoms with Gasteiger partial charge >= 0.3 is 5.69 Å². The first kappa shape index (κ1) is 23.8. The highest BCUT2D eigenvalue weighted by Crippen LogP contribution is 2.27. The van der Waals surface area contributed by atoms with E-state index in [1.165, 1.54) is 63.9 Å². The fourth-order valence-corrected chi connectivity index (χ4v) is 3.84. The summed E-state index contributed by atoms with van der Waals surface area (Å²) >= 11 is 0. The maximum atomic E-state index is 12.7. The molecule has 0 saturated heterocycles. The highest BCUT2D eigenvalue weighted by Gasteiger charge is 2.23. The van der Waals surface area contributed by atoms with Gasteiger partial charge in [-0.3, -0.25) is 14.9 Å². The van der Waals surface area contributed by atoms with Gasteiger partial charge in [0.2, 0.25) is 10.0 Å². The fourth-order valence-electron chi connectivity index (χ4n) is 2.62. The van der Waals surface area contributed by atoms with Gasteiger partial charge in [-0.2, -0.15) is 9.41 Å². The summed E-state index contributed by atoms with van der Waals surface area (Å²) in [5, 5.41) is 14.8. The maximum Gasteiger partial charge on any atom is 0.311 e. The quantitative estimate of drug-likeness (QED) is 0.348. The number of ether oxygens (including phenoxy) is 2. The number of benzene rings is 2. The summed E-state index contributed by atoms with van der Waals surface area (Å²) in [6, 6.07) is 8.54. The largest absolute Gasteiger partial charge is 0.496 e. The van der Waals surface area contributed by atoms with E-state index >= 15 is 0 Å². The Hall–Kier alpha value is -3.51. The van der Waals surface area contributed by atoms with Gasteiger partial charge < -0.3 is 9.47 Å². The smallest absolute Gasteiger partial charge is 0.311 e. The van der Waals surface area contributed by atoms with E-state index in [9.17, 15) is 23.3 Å². The molecule has 1 amide bonds. The molecule has 0 saturated carbocycles. The van der Waals surface area contributed by atoms with Crippen LogP contribution in [0, 0.1) is 17.0 Å². The second kappa shape index (κ2) is 10.00. The first-order chi connectivity index (χ1) is 14.6. The molecule has 2 aromatic rings. The third-order valence-corrected chi connectivity index (χ3v) is 6.04. The maximum absolute atomic E-state index is 12.7. The van der Waals surface area contributed by atoms with Crippen LogP contribution in [0.15, 0.2) is 46.4 Å². The second-order valence-electron chi connectivity index (χ2n) is 6.37. The minimum absolute atomic E-state index is 0.0233. The number of rotatable bonds is 9. The number of aryl methyl sites for hydroxylation is 1. The Balaban J connectivity index is 2.04. The lowest BCUT2D eigenvalue weighted by Gasteiger charge is -2.17. The third kappa shape index (κ3) is 5.77. The van der Waals surface area contributed by atoms with Crippen molar-refractivity contribution >= 4 is 27.8 Å². The van der Waals surface area contributed by atoms with Gasteiger partial charge in [0.25, 0.3) is 5.91 Å². The van der Waals surface area contributed by atoms with Gasteiger partial charge in [0.05, 0.1) is 36.8 Å². The number of carbonyl (C=O) groups is 1. The number of nitro benzene ring substituents is 1. The number of nitrogens with one attached hydrogen (secondary N) is 1. The van der Waals surface area contributed by atoms with Crippen molar-refractivity contribution in [1.29, 1.82) is 0 Å². The summed E-state index contributed by atoms with van der Waals surface area (Å²) in [7, 11) is 0.161. The second-order valence-corrected chi connectivity index (χ2v) is 8.42. The summed E-state index contributed by atoms with van der Waals surface area (Å²) in [4.78, 5) is 22.6. The van der Waals surface area contributed by atoms with Gasteiger partial charge in [0.15, 0.2) is 5.75 Å². The lowest BCUT2D eigenvalue weighted by molar-refractivity contribution is -0.385. The van der Waals surface area contributed by atoms with E-state index in [2.05, 4.69) is 10.5 Å². The lowest BCUT2D eigenvalue weighted by Crippen LogP contribution is -2.36. The Labute approximate surface area is 179 Å². The molecule has 0 radical (unpaired) electrons. The van der Waals surface area contributed by atoms with E-state index in [0.717, 1.165) is 4.31 Å². The number of nitro groups is 1. The first-order valence-corrected chi connectivity index (χ1v) is 10.3. The predicted molar refractivity (Wildman–Crippen MR) is 113 cm³/mol. The van der Waals surface area contributed by atoms with E-state index in [1.807, 2.05) is 0 Å². The Morgan fingerprint density at radius 3 is 2.42 bits per heavy atom. The predicted octanol–water partition coefficient (Wildman–Crippen LogP) is 1.69. The molecule has 0 aliphatic rings. The number of nitrogens with zero attached hydrogens (tertiary/aromatic N) is 3. The number of amides is 1. The first-order valence-electron chi connectivity index (χ1n) is 8.85. The number of hydrogen-bond donors (Lipinski definition) is 1. The molecule has 0 atom stereocenters. The average Bonchev–Trinajstić information content (AvgIpc) is 2.73. The summed E-state index contributed by atoms with van der Waals surface area (Å²) in [5.41, 5.74) is 2.93. The Morgan fingerprint density at radius 1 is 1.19 bits per heavy atom. The van der Waals surface area contributed by atoms with Crippen molar-refractivity contribution in [2.24, 2.45) is 5.10 Å². The minimum Gasteiger partial charge on any atom is -0.496 e. The van der Waals surface area contributed by atoms with E-state index in [4.69, 9.17) is 9.47 Å².